The van der Waals surface area contributed by atoms with E-state index >= 15 is 0 Å². The SMILES string of the molecule is CCCCC(NCC)c1ccc(Br)c2ccccc12. The molecule has 1 N–H and O–H groups in total. The second-order valence-electron chi connectivity index (χ2n) is 4.93. The largest absolute Gasteiger partial charge is 0.310 e. The summed E-state index contributed by atoms with van der Waals surface area (Å²) in [5.74, 6) is 0. The standard InChI is InChI=1S/C17H22BrN/c1-3-5-10-17(19-4-2)15-11-12-16(18)14-9-7-6-8-13(14)15/h6-9,11-12,17,19H,3-5,10H2,1-2H3. The Morgan fingerprint density at radius 3 is 2.47 bits per heavy atom. The first-order valence-corrected chi connectivity index (χ1v) is 7.97. The van der Waals surface area contributed by atoms with Crippen molar-refractivity contribution in [3.05, 3.63) is 46.4 Å². The summed E-state index contributed by atoms with van der Waals surface area (Å²) in [6, 6.07) is 13.5. The van der Waals surface area contributed by atoms with Crippen LogP contribution in [0.2, 0.25) is 0 Å². The van der Waals surface area contributed by atoms with E-state index in [0.717, 1.165) is 6.54 Å². The van der Waals surface area contributed by atoms with Crippen LogP contribution in [-0.4, -0.2) is 6.54 Å². The Morgan fingerprint density at radius 2 is 1.79 bits per heavy atom. The van der Waals surface area contributed by atoms with E-state index in [9.17, 15) is 0 Å². The number of rotatable bonds is 6. The molecule has 0 fully saturated rings. The van der Waals surface area contributed by atoms with E-state index < -0.39 is 0 Å². The van der Waals surface area contributed by atoms with Crippen molar-refractivity contribution in [2.75, 3.05) is 6.54 Å². The van der Waals surface area contributed by atoms with Crippen LogP contribution in [0.25, 0.3) is 10.8 Å². The summed E-state index contributed by atoms with van der Waals surface area (Å²) in [6.45, 7) is 5.45. The number of nitrogens with one attached hydrogen (secondary N) is 1. The van der Waals surface area contributed by atoms with Crippen molar-refractivity contribution in [3.8, 4) is 0 Å². The van der Waals surface area contributed by atoms with Crippen LogP contribution < -0.4 is 5.32 Å². The maximum absolute atomic E-state index is 3.65. The Morgan fingerprint density at radius 1 is 1.05 bits per heavy atom. The molecule has 2 aromatic carbocycles. The molecule has 0 aliphatic heterocycles. The van der Waals surface area contributed by atoms with Crippen LogP contribution in [0.15, 0.2) is 40.9 Å². The zero-order valence-corrected chi connectivity index (χ0v) is 13.3. The third kappa shape index (κ3) is 3.37. The summed E-state index contributed by atoms with van der Waals surface area (Å²) in [5, 5.41) is 6.30. The third-order valence-corrected chi connectivity index (χ3v) is 4.27. The predicted octanol–water partition coefficient (Wildman–Crippen LogP) is 5.44. The number of halogens is 1. The predicted molar refractivity (Wildman–Crippen MR) is 87.6 cm³/mol. The van der Waals surface area contributed by atoms with Gasteiger partial charge >= 0.3 is 0 Å². The van der Waals surface area contributed by atoms with Crippen molar-refractivity contribution in [1.29, 1.82) is 0 Å². The van der Waals surface area contributed by atoms with Crippen LogP contribution in [0, 0.1) is 0 Å². The average Bonchev–Trinajstić information content (AvgIpc) is 2.45. The van der Waals surface area contributed by atoms with E-state index in [2.05, 4.69) is 71.5 Å². The third-order valence-electron chi connectivity index (χ3n) is 3.58. The fourth-order valence-corrected chi connectivity index (χ4v) is 3.09. The maximum atomic E-state index is 3.65. The molecular formula is C17H22BrN. The Kier molecular flexibility index (Phi) is 5.41. The van der Waals surface area contributed by atoms with Gasteiger partial charge in [0.05, 0.1) is 0 Å². The Labute approximate surface area is 124 Å². The summed E-state index contributed by atoms with van der Waals surface area (Å²) >= 11 is 3.65. The minimum absolute atomic E-state index is 0.461. The first-order chi connectivity index (χ1) is 9.27. The Bertz CT molecular complexity index is 536. The lowest BCUT2D eigenvalue weighted by atomic mass is 9.95. The van der Waals surface area contributed by atoms with Gasteiger partial charge in [0.2, 0.25) is 0 Å². The number of fused-ring (bicyclic) bond motifs is 1. The molecule has 0 bridgehead atoms. The molecular weight excluding hydrogens is 298 g/mol. The molecule has 0 aromatic heterocycles. The highest BCUT2D eigenvalue weighted by Crippen LogP contribution is 2.32. The molecule has 1 atom stereocenters. The fourth-order valence-electron chi connectivity index (χ4n) is 2.61. The van der Waals surface area contributed by atoms with Crippen LogP contribution in [0.3, 0.4) is 0 Å². The quantitative estimate of drug-likeness (QED) is 0.747. The smallest absolute Gasteiger partial charge is 0.0326 e. The maximum Gasteiger partial charge on any atom is 0.0326 e. The Hall–Kier alpha value is -0.860. The van der Waals surface area contributed by atoms with E-state index in [0.29, 0.717) is 6.04 Å². The molecule has 1 unspecified atom stereocenters. The number of hydrogen-bond acceptors (Lipinski definition) is 1. The highest BCUT2D eigenvalue weighted by Gasteiger charge is 2.13. The van der Waals surface area contributed by atoms with Gasteiger partial charge in [-0.15, -0.1) is 0 Å². The fraction of sp³-hybridized carbons (Fsp3) is 0.412. The number of hydrogen-bond donors (Lipinski definition) is 1. The van der Waals surface area contributed by atoms with Crippen LogP contribution in [0.5, 0.6) is 0 Å². The van der Waals surface area contributed by atoms with Crippen LogP contribution >= 0.6 is 15.9 Å². The molecule has 102 valence electrons. The van der Waals surface area contributed by atoms with Gasteiger partial charge in [0.25, 0.3) is 0 Å². The van der Waals surface area contributed by atoms with E-state index in [1.807, 2.05) is 0 Å². The lowest BCUT2D eigenvalue weighted by molar-refractivity contribution is 0.497. The molecule has 0 saturated heterocycles. The van der Waals surface area contributed by atoms with Gasteiger partial charge in [0.15, 0.2) is 0 Å². The number of benzene rings is 2. The van der Waals surface area contributed by atoms with Gasteiger partial charge in [-0.2, -0.15) is 0 Å². The van der Waals surface area contributed by atoms with Gasteiger partial charge in [-0.05, 0) is 35.4 Å². The van der Waals surface area contributed by atoms with Gasteiger partial charge in [-0.1, -0.05) is 73.0 Å². The first kappa shape index (κ1) is 14.5. The molecule has 1 nitrogen and oxygen atoms in total. The second-order valence-corrected chi connectivity index (χ2v) is 5.79. The lowest BCUT2D eigenvalue weighted by Gasteiger charge is -2.20. The molecule has 0 amide bonds. The van der Waals surface area contributed by atoms with Crippen LogP contribution in [-0.2, 0) is 0 Å². The lowest BCUT2D eigenvalue weighted by Crippen LogP contribution is -2.21. The summed E-state index contributed by atoms with van der Waals surface area (Å²) in [4.78, 5) is 0. The van der Waals surface area contributed by atoms with Gasteiger partial charge in [-0.25, -0.2) is 0 Å². The van der Waals surface area contributed by atoms with E-state index in [-0.39, 0.29) is 0 Å². The molecule has 0 spiro atoms. The molecule has 19 heavy (non-hydrogen) atoms. The minimum Gasteiger partial charge on any atom is -0.310 e. The molecule has 0 heterocycles. The average molecular weight is 320 g/mol. The first-order valence-electron chi connectivity index (χ1n) is 7.18. The summed E-state index contributed by atoms with van der Waals surface area (Å²) in [5.41, 5.74) is 1.43. The second kappa shape index (κ2) is 7.06. The topological polar surface area (TPSA) is 12.0 Å². The van der Waals surface area contributed by atoms with Crippen molar-refractivity contribution in [1.82, 2.24) is 5.32 Å². The van der Waals surface area contributed by atoms with Crippen LogP contribution in [0.4, 0.5) is 0 Å². The minimum atomic E-state index is 0.461. The summed E-state index contributed by atoms with van der Waals surface area (Å²) in [6.07, 6.45) is 3.72. The summed E-state index contributed by atoms with van der Waals surface area (Å²) < 4.78 is 1.18. The van der Waals surface area contributed by atoms with Crippen molar-refractivity contribution in [2.24, 2.45) is 0 Å². The highest BCUT2D eigenvalue weighted by atomic mass is 79.9. The summed E-state index contributed by atoms with van der Waals surface area (Å²) in [7, 11) is 0. The zero-order chi connectivity index (χ0) is 13.7. The Balaban J connectivity index is 2.44. The highest BCUT2D eigenvalue weighted by molar-refractivity contribution is 9.10. The molecule has 2 rings (SSSR count). The molecule has 0 saturated carbocycles. The van der Waals surface area contributed by atoms with Crippen molar-refractivity contribution in [3.63, 3.8) is 0 Å². The zero-order valence-electron chi connectivity index (χ0n) is 11.7. The molecule has 0 aliphatic carbocycles. The molecule has 2 heteroatoms. The van der Waals surface area contributed by atoms with Gasteiger partial charge in [0.1, 0.15) is 0 Å². The van der Waals surface area contributed by atoms with Crippen molar-refractivity contribution in [2.45, 2.75) is 39.2 Å². The molecule has 2 aromatic rings. The van der Waals surface area contributed by atoms with Crippen molar-refractivity contribution < 1.29 is 0 Å². The van der Waals surface area contributed by atoms with Crippen molar-refractivity contribution >= 4 is 26.7 Å². The normalized spacial score (nSPS) is 12.8. The molecule has 0 aliphatic rings. The van der Waals surface area contributed by atoms with Gasteiger partial charge < -0.3 is 5.32 Å². The number of unbranched alkanes of at least 4 members (excludes halogenated alkanes) is 1. The van der Waals surface area contributed by atoms with Gasteiger partial charge in [-0.3, -0.25) is 0 Å². The van der Waals surface area contributed by atoms with E-state index in [4.69, 9.17) is 0 Å². The van der Waals surface area contributed by atoms with Crippen LogP contribution in [0.1, 0.15) is 44.7 Å². The van der Waals surface area contributed by atoms with E-state index in [1.54, 1.807) is 0 Å². The van der Waals surface area contributed by atoms with Gasteiger partial charge in [0, 0.05) is 10.5 Å². The van der Waals surface area contributed by atoms with E-state index in [1.165, 1.54) is 40.1 Å². The molecule has 0 radical (unpaired) electrons. The monoisotopic (exact) mass is 319 g/mol.